The van der Waals surface area contributed by atoms with Crippen molar-refractivity contribution in [3.05, 3.63) is 48.2 Å². The number of carbonyl (C=O) groups is 1. The molecule has 4 unspecified atom stereocenters. The van der Waals surface area contributed by atoms with Crippen LogP contribution in [-0.4, -0.2) is 22.3 Å². The molecule has 0 amide bonds. The van der Waals surface area contributed by atoms with E-state index >= 15 is 0 Å². The third kappa shape index (κ3) is 2.43. The number of ketones is 1. The molecule has 2 heterocycles. The van der Waals surface area contributed by atoms with Gasteiger partial charge in [0.25, 0.3) is 0 Å². The molecule has 23 heavy (non-hydrogen) atoms. The maximum Gasteiger partial charge on any atom is 0.162 e. The van der Waals surface area contributed by atoms with Gasteiger partial charge in [0.15, 0.2) is 5.78 Å². The van der Waals surface area contributed by atoms with Crippen LogP contribution in [0.25, 0.3) is 0 Å². The Kier molecular flexibility index (Phi) is 3.79. The van der Waals surface area contributed by atoms with Crippen LogP contribution in [-0.2, 0) is 11.2 Å². The normalized spacial score (nSPS) is 36.5. The largest absolute Gasteiger partial charge is 0.367 e. The van der Waals surface area contributed by atoms with Gasteiger partial charge in [0.1, 0.15) is 0 Å². The van der Waals surface area contributed by atoms with Crippen LogP contribution in [0, 0.1) is 11.8 Å². The SMILES string of the molecule is CC1C(=O)C=CN2C3CCCCC3CCC12Cc1ccccc1. The van der Waals surface area contributed by atoms with Gasteiger partial charge in [-0.1, -0.05) is 50.1 Å². The topological polar surface area (TPSA) is 20.3 Å². The van der Waals surface area contributed by atoms with Gasteiger partial charge in [-0.2, -0.15) is 0 Å². The maximum atomic E-state index is 12.5. The van der Waals surface area contributed by atoms with Crippen LogP contribution in [0.2, 0.25) is 0 Å². The standard InChI is InChI=1S/C21H27NO/c1-16-20(23)12-14-22-19-10-6-5-9-18(19)11-13-21(16,22)15-17-7-3-2-4-8-17/h2-4,7-8,12,14,16,18-19H,5-6,9-11,13,15H2,1H3. The Labute approximate surface area is 139 Å². The second-order valence-corrected chi connectivity index (χ2v) is 7.76. The number of carbonyl (C=O) groups excluding carboxylic acids is 1. The highest BCUT2D eigenvalue weighted by Crippen LogP contribution is 2.48. The van der Waals surface area contributed by atoms with Crippen LogP contribution in [0.4, 0.5) is 0 Å². The van der Waals surface area contributed by atoms with E-state index in [1.54, 1.807) is 0 Å². The Morgan fingerprint density at radius 1 is 1.13 bits per heavy atom. The molecule has 0 aromatic heterocycles. The molecule has 1 aromatic carbocycles. The lowest BCUT2D eigenvalue weighted by atomic mass is 9.64. The zero-order valence-corrected chi connectivity index (χ0v) is 14.1. The fraction of sp³-hybridized carbons (Fsp3) is 0.571. The predicted molar refractivity (Wildman–Crippen MR) is 93.0 cm³/mol. The fourth-order valence-corrected chi connectivity index (χ4v) is 5.33. The molecule has 0 spiro atoms. The molecule has 4 atom stereocenters. The number of benzene rings is 1. The van der Waals surface area contributed by atoms with Crippen molar-refractivity contribution in [1.82, 2.24) is 4.90 Å². The van der Waals surface area contributed by atoms with E-state index < -0.39 is 0 Å². The maximum absolute atomic E-state index is 12.5. The number of rotatable bonds is 2. The lowest BCUT2D eigenvalue weighted by Crippen LogP contribution is -2.64. The first-order valence-corrected chi connectivity index (χ1v) is 9.25. The Hall–Kier alpha value is -1.57. The van der Waals surface area contributed by atoms with Crippen molar-refractivity contribution in [2.45, 2.75) is 63.5 Å². The van der Waals surface area contributed by atoms with Crippen LogP contribution in [0.5, 0.6) is 0 Å². The van der Waals surface area contributed by atoms with Crippen molar-refractivity contribution in [3.63, 3.8) is 0 Å². The van der Waals surface area contributed by atoms with E-state index in [-0.39, 0.29) is 11.5 Å². The van der Waals surface area contributed by atoms with E-state index in [0.29, 0.717) is 11.8 Å². The van der Waals surface area contributed by atoms with Gasteiger partial charge in [-0.15, -0.1) is 0 Å². The van der Waals surface area contributed by atoms with Gasteiger partial charge in [-0.25, -0.2) is 0 Å². The Bertz CT molecular complexity index is 608. The molecule has 2 heteroatoms. The minimum atomic E-state index is -0.00824. The zero-order valence-electron chi connectivity index (χ0n) is 14.1. The third-order valence-corrected chi connectivity index (χ3v) is 6.67. The van der Waals surface area contributed by atoms with Gasteiger partial charge < -0.3 is 4.90 Å². The number of fused-ring (bicyclic) bond motifs is 3. The molecule has 122 valence electrons. The summed E-state index contributed by atoms with van der Waals surface area (Å²) in [6.07, 6.45) is 12.8. The van der Waals surface area contributed by atoms with Gasteiger partial charge >= 0.3 is 0 Å². The highest BCUT2D eigenvalue weighted by atomic mass is 16.1. The summed E-state index contributed by atoms with van der Waals surface area (Å²) in [7, 11) is 0. The highest BCUT2D eigenvalue weighted by Gasteiger charge is 2.52. The summed E-state index contributed by atoms with van der Waals surface area (Å²) in [5.74, 6) is 1.24. The van der Waals surface area contributed by atoms with Crippen molar-refractivity contribution in [2.24, 2.45) is 11.8 Å². The van der Waals surface area contributed by atoms with Crippen molar-refractivity contribution >= 4 is 5.78 Å². The van der Waals surface area contributed by atoms with E-state index in [1.807, 2.05) is 6.08 Å². The van der Waals surface area contributed by atoms with Crippen molar-refractivity contribution in [3.8, 4) is 0 Å². The number of nitrogens with zero attached hydrogens (tertiary/aromatic N) is 1. The predicted octanol–water partition coefficient (Wildman–Crippen LogP) is 4.36. The minimum absolute atomic E-state index is 0.00824. The molecule has 2 aliphatic heterocycles. The van der Waals surface area contributed by atoms with E-state index in [0.717, 1.165) is 18.8 Å². The summed E-state index contributed by atoms with van der Waals surface area (Å²) < 4.78 is 0. The Morgan fingerprint density at radius 3 is 2.74 bits per heavy atom. The zero-order chi connectivity index (χ0) is 15.9. The van der Waals surface area contributed by atoms with Crippen LogP contribution >= 0.6 is 0 Å². The number of piperidine rings is 1. The second kappa shape index (κ2) is 5.81. The van der Waals surface area contributed by atoms with E-state index in [4.69, 9.17) is 0 Å². The Balaban J connectivity index is 1.73. The number of hydrogen-bond acceptors (Lipinski definition) is 2. The molecular weight excluding hydrogens is 282 g/mol. The average molecular weight is 309 g/mol. The number of allylic oxidation sites excluding steroid dienone is 1. The summed E-state index contributed by atoms with van der Waals surface area (Å²) in [5, 5.41) is 0. The van der Waals surface area contributed by atoms with Gasteiger partial charge in [-0.05, 0) is 49.7 Å². The summed E-state index contributed by atoms with van der Waals surface area (Å²) in [6.45, 7) is 2.16. The first-order chi connectivity index (χ1) is 11.2. The third-order valence-electron chi connectivity index (χ3n) is 6.67. The van der Waals surface area contributed by atoms with Crippen LogP contribution < -0.4 is 0 Å². The first kappa shape index (κ1) is 15.0. The molecule has 2 nitrogen and oxygen atoms in total. The summed E-state index contributed by atoms with van der Waals surface area (Å²) >= 11 is 0. The molecule has 0 N–H and O–H groups in total. The van der Waals surface area contributed by atoms with Crippen LogP contribution in [0.1, 0.15) is 51.0 Å². The monoisotopic (exact) mass is 309 g/mol. The minimum Gasteiger partial charge on any atom is -0.367 e. The van der Waals surface area contributed by atoms with Gasteiger partial charge in [0, 0.05) is 18.2 Å². The molecule has 0 radical (unpaired) electrons. The van der Waals surface area contributed by atoms with Crippen molar-refractivity contribution in [2.75, 3.05) is 0 Å². The van der Waals surface area contributed by atoms with E-state index in [2.05, 4.69) is 48.4 Å². The molecule has 1 saturated carbocycles. The van der Waals surface area contributed by atoms with Crippen LogP contribution in [0.15, 0.2) is 42.6 Å². The van der Waals surface area contributed by atoms with Crippen LogP contribution in [0.3, 0.4) is 0 Å². The molecule has 1 aliphatic carbocycles. The molecule has 1 saturated heterocycles. The quantitative estimate of drug-likeness (QED) is 0.809. The molecule has 0 bridgehead atoms. The lowest BCUT2D eigenvalue weighted by Gasteiger charge is -2.59. The van der Waals surface area contributed by atoms with Gasteiger partial charge in [0.05, 0.1) is 5.54 Å². The fourth-order valence-electron chi connectivity index (χ4n) is 5.33. The molecule has 1 aromatic rings. The average Bonchev–Trinajstić information content (AvgIpc) is 2.59. The molecule has 2 fully saturated rings. The smallest absolute Gasteiger partial charge is 0.162 e. The lowest BCUT2D eigenvalue weighted by molar-refractivity contribution is -0.129. The van der Waals surface area contributed by atoms with Gasteiger partial charge in [-0.3, -0.25) is 4.79 Å². The summed E-state index contributed by atoms with van der Waals surface area (Å²) in [4.78, 5) is 15.1. The Morgan fingerprint density at radius 2 is 1.91 bits per heavy atom. The van der Waals surface area contributed by atoms with Crippen molar-refractivity contribution in [1.29, 1.82) is 0 Å². The second-order valence-electron chi connectivity index (χ2n) is 7.76. The van der Waals surface area contributed by atoms with Gasteiger partial charge in [0.2, 0.25) is 0 Å². The molecular formula is C21H27NO. The summed E-state index contributed by atoms with van der Waals surface area (Å²) in [5.41, 5.74) is 1.35. The number of hydrogen-bond donors (Lipinski definition) is 0. The van der Waals surface area contributed by atoms with E-state index in [1.165, 1.54) is 37.7 Å². The first-order valence-electron chi connectivity index (χ1n) is 9.25. The molecule has 3 aliphatic rings. The highest BCUT2D eigenvalue weighted by molar-refractivity contribution is 5.93. The van der Waals surface area contributed by atoms with Crippen molar-refractivity contribution < 1.29 is 4.79 Å². The summed E-state index contributed by atoms with van der Waals surface area (Å²) in [6, 6.07) is 11.4. The molecule has 4 rings (SSSR count). The van der Waals surface area contributed by atoms with E-state index in [9.17, 15) is 4.79 Å².